The molecule has 2 atom stereocenters. The summed E-state index contributed by atoms with van der Waals surface area (Å²) in [4.78, 5) is 30.4. The molecule has 3 aromatic carbocycles. The molecule has 2 unspecified atom stereocenters. The number of benzene rings is 3. The maximum absolute atomic E-state index is 12.8. The van der Waals surface area contributed by atoms with E-state index < -0.39 is 17.5 Å². The Balaban J connectivity index is 1.49. The van der Waals surface area contributed by atoms with Crippen LogP contribution in [-0.4, -0.2) is 34.8 Å². The van der Waals surface area contributed by atoms with E-state index in [1.807, 2.05) is 66.7 Å². The number of fused-ring (bicyclic) bond motifs is 1. The molecule has 2 N–H and O–H groups in total. The summed E-state index contributed by atoms with van der Waals surface area (Å²) in [5.74, 6) is -1.81. The Kier molecular flexibility index (Phi) is 5.23. The lowest BCUT2D eigenvalue weighted by atomic mass is 9.81. The second-order valence-electron chi connectivity index (χ2n) is 7.46. The van der Waals surface area contributed by atoms with Crippen LogP contribution in [0, 0.1) is 5.92 Å². The molecule has 0 saturated carbocycles. The van der Waals surface area contributed by atoms with Gasteiger partial charge in [0.2, 0.25) is 5.60 Å². The molecule has 1 aliphatic heterocycles. The number of rotatable bonds is 6. The highest BCUT2D eigenvalue weighted by molar-refractivity contribution is 6.08. The van der Waals surface area contributed by atoms with Gasteiger partial charge in [-0.3, -0.25) is 4.79 Å². The van der Waals surface area contributed by atoms with E-state index in [1.54, 1.807) is 13.0 Å². The maximum Gasteiger partial charge on any atom is 0.351 e. The first-order chi connectivity index (χ1) is 14.5. The summed E-state index contributed by atoms with van der Waals surface area (Å²) in [5.41, 5.74) is 0.430. The zero-order valence-electron chi connectivity index (χ0n) is 16.5. The smallest absolute Gasteiger partial charge is 0.351 e. The summed E-state index contributed by atoms with van der Waals surface area (Å²) >= 11 is 0. The average molecular weight is 402 g/mol. The molecule has 1 amide bonds. The summed E-state index contributed by atoms with van der Waals surface area (Å²) in [6.45, 7) is 1.89. The normalized spacial score (nSPS) is 20.4. The van der Waals surface area contributed by atoms with Crippen LogP contribution in [0.2, 0.25) is 0 Å². The molecule has 1 aliphatic rings. The molecule has 0 aromatic heterocycles. The third-order valence-corrected chi connectivity index (χ3v) is 5.66. The molecular formula is C24H22N2O4. The molecule has 0 fully saturated rings. The van der Waals surface area contributed by atoms with E-state index in [4.69, 9.17) is 4.84 Å². The van der Waals surface area contributed by atoms with Crippen LogP contribution in [0.15, 0.2) is 78.0 Å². The van der Waals surface area contributed by atoms with Crippen molar-refractivity contribution in [3.8, 4) is 0 Å². The van der Waals surface area contributed by atoms with Crippen LogP contribution < -0.4 is 5.32 Å². The fourth-order valence-corrected chi connectivity index (χ4v) is 3.83. The topological polar surface area (TPSA) is 88.0 Å². The lowest BCUT2D eigenvalue weighted by Crippen LogP contribution is -2.48. The molecule has 6 heteroatoms. The van der Waals surface area contributed by atoms with Crippen molar-refractivity contribution < 1.29 is 19.5 Å². The van der Waals surface area contributed by atoms with Crippen molar-refractivity contribution in [2.24, 2.45) is 11.1 Å². The zero-order chi connectivity index (χ0) is 21.1. The van der Waals surface area contributed by atoms with Crippen molar-refractivity contribution in [1.82, 2.24) is 5.32 Å². The van der Waals surface area contributed by atoms with E-state index in [-0.39, 0.29) is 18.9 Å². The van der Waals surface area contributed by atoms with Gasteiger partial charge in [0.1, 0.15) is 0 Å². The Labute approximate surface area is 174 Å². The quantitative estimate of drug-likeness (QED) is 0.659. The molecule has 0 aliphatic carbocycles. The molecular weight excluding hydrogens is 380 g/mol. The van der Waals surface area contributed by atoms with E-state index in [1.165, 1.54) is 0 Å². The summed E-state index contributed by atoms with van der Waals surface area (Å²) in [7, 11) is 0. The Bertz CT molecular complexity index is 1120. The fraction of sp³-hybridized carbons (Fsp3) is 0.208. The van der Waals surface area contributed by atoms with Crippen molar-refractivity contribution in [1.29, 1.82) is 0 Å². The number of carboxylic acids is 1. The number of nitrogens with one attached hydrogen (secondary N) is 1. The van der Waals surface area contributed by atoms with Gasteiger partial charge < -0.3 is 15.3 Å². The van der Waals surface area contributed by atoms with Crippen LogP contribution in [0.25, 0.3) is 10.8 Å². The first-order valence-electron chi connectivity index (χ1n) is 9.79. The van der Waals surface area contributed by atoms with E-state index in [0.29, 0.717) is 11.3 Å². The molecule has 0 bridgehead atoms. The average Bonchev–Trinajstić information content (AvgIpc) is 3.09. The zero-order valence-corrected chi connectivity index (χ0v) is 16.5. The number of carbonyl (C=O) groups excluding carboxylic acids is 1. The Hall–Kier alpha value is -3.67. The molecule has 152 valence electrons. The monoisotopic (exact) mass is 402 g/mol. The van der Waals surface area contributed by atoms with E-state index >= 15 is 0 Å². The van der Waals surface area contributed by atoms with Gasteiger partial charge in [0.15, 0.2) is 0 Å². The van der Waals surface area contributed by atoms with Crippen molar-refractivity contribution in [3.63, 3.8) is 0 Å². The number of oxime groups is 1. The molecule has 30 heavy (non-hydrogen) atoms. The predicted octanol–water partition coefficient (Wildman–Crippen LogP) is 3.66. The van der Waals surface area contributed by atoms with Gasteiger partial charge in [0, 0.05) is 12.0 Å². The number of hydrogen-bond acceptors (Lipinski definition) is 4. The van der Waals surface area contributed by atoms with Crippen molar-refractivity contribution >= 4 is 28.4 Å². The van der Waals surface area contributed by atoms with E-state index in [2.05, 4.69) is 10.5 Å². The van der Waals surface area contributed by atoms with Crippen molar-refractivity contribution in [3.05, 3.63) is 83.9 Å². The van der Waals surface area contributed by atoms with Gasteiger partial charge in [0.25, 0.3) is 5.91 Å². The maximum atomic E-state index is 12.8. The predicted molar refractivity (Wildman–Crippen MR) is 114 cm³/mol. The second kappa shape index (κ2) is 7.99. The fourth-order valence-electron chi connectivity index (χ4n) is 3.83. The lowest BCUT2D eigenvalue weighted by Gasteiger charge is -2.27. The number of hydrogen-bond donors (Lipinski definition) is 2. The van der Waals surface area contributed by atoms with Gasteiger partial charge in [-0.1, -0.05) is 78.8 Å². The first-order valence-corrected chi connectivity index (χ1v) is 9.79. The summed E-state index contributed by atoms with van der Waals surface area (Å²) < 4.78 is 0. The van der Waals surface area contributed by atoms with Gasteiger partial charge in [-0.2, -0.15) is 0 Å². The summed E-state index contributed by atoms with van der Waals surface area (Å²) in [6.07, 6.45) is 0.189. The highest BCUT2D eigenvalue weighted by atomic mass is 16.7. The SMILES string of the molecule is CC1C(CNC(=O)c2cccc3ccccc23)=NOC1(Cc1ccccc1)C(=O)O. The third-order valence-electron chi connectivity index (χ3n) is 5.66. The Morgan fingerprint density at radius 1 is 1.03 bits per heavy atom. The molecule has 0 spiro atoms. The lowest BCUT2D eigenvalue weighted by molar-refractivity contribution is -0.166. The van der Waals surface area contributed by atoms with Crippen molar-refractivity contribution in [2.75, 3.05) is 6.54 Å². The number of nitrogens with zero attached hydrogens (tertiary/aromatic N) is 1. The van der Waals surface area contributed by atoms with Crippen LogP contribution in [0.4, 0.5) is 0 Å². The van der Waals surface area contributed by atoms with Gasteiger partial charge in [-0.15, -0.1) is 0 Å². The standard InChI is InChI=1S/C24H22N2O4/c1-16-21(26-30-24(16,23(28)29)14-17-8-3-2-4-9-17)15-25-22(27)20-13-7-11-18-10-5-6-12-19(18)20/h2-13,16H,14-15H2,1H3,(H,25,27)(H,28,29). The molecule has 0 saturated heterocycles. The van der Waals surface area contributed by atoms with Crippen LogP contribution in [0.5, 0.6) is 0 Å². The molecule has 3 aromatic rings. The minimum absolute atomic E-state index is 0.118. The third kappa shape index (κ3) is 3.52. The van der Waals surface area contributed by atoms with Crippen LogP contribution in [-0.2, 0) is 16.1 Å². The highest BCUT2D eigenvalue weighted by Gasteiger charge is 2.53. The molecule has 0 radical (unpaired) electrons. The molecule has 1 heterocycles. The highest BCUT2D eigenvalue weighted by Crippen LogP contribution is 2.34. The number of amides is 1. The summed E-state index contributed by atoms with van der Waals surface area (Å²) in [6, 6.07) is 22.5. The van der Waals surface area contributed by atoms with Crippen LogP contribution in [0.3, 0.4) is 0 Å². The largest absolute Gasteiger partial charge is 0.478 e. The van der Waals surface area contributed by atoms with Crippen molar-refractivity contribution in [2.45, 2.75) is 18.9 Å². The van der Waals surface area contributed by atoms with Gasteiger partial charge >= 0.3 is 5.97 Å². The Morgan fingerprint density at radius 2 is 1.73 bits per heavy atom. The first kappa shape index (κ1) is 19.6. The number of aliphatic carboxylic acids is 1. The second-order valence-corrected chi connectivity index (χ2v) is 7.46. The van der Waals surface area contributed by atoms with E-state index in [9.17, 15) is 14.7 Å². The molecule has 4 rings (SSSR count). The van der Waals surface area contributed by atoms with Gasteiger partial charge in [0.05, 0.1) is 18.2 Å². The van der Waals surface area contributed by atoms with Crippen LogP contribution in [0.1, 0.15) is 22.8 Å². The molecule has 6 nitrogen and oxygen atoms in total. The summed E-state index contributed by atoms with van der Waals surface area (Å²) in [5, 5.41) is 18.6. The minimum Gasteiger partial charge on any atom is -0.478 e. The Morgan fingerprint density at radius 3 is 2.50 bits per heavy atom. The minimum atomic E-state index is -1.49. The van der Waals surface area contributed by atoms with E-state index in [0.717, 1.165) is 16.3 Å². The number of carboxylic acid groups (broad SMARTS) is 1. The van der Waals surface area contributed by atoms with Gasteiger partial charge in [-0.05, 0) is 22.4 Å². The van der Waals surface area contributed by atoms with Crippen LogP contribution >= 0.6 is 0 Å². The number of carbonyl (C=O) groups is 2. The van der Waals surface area contributed by atoms with Gasteiger partial charge in [-0.25, -0.2) is 4.79 Å².